The first-order valence-electron chi connectivity index (χ1n) is 6.19. The summed E-state index contributed by atoms with van der Waals surface area (Å²) >= 11 is 1.25. The predicted octanol–water partition coefficient (Wildman–Crippen LogP) is 1.57. The number of thioether (sulfide) groups is 1. The molecule has 1 amide bonds. The van der Waals surface area contributed by atoms with Gasteiger partial charge in [0.1, 0.15) is 6.04 Å². The fourth-order valence-corrected chi connectivity index (χ4v) is 2.50. The first kappa shape index (κ1) is 16.5. The van der Waals surface area contributed by atoms with Gasteiger partial charge in [-0.3, -0.25) is 9.59 Å². The molecule has 1 atom stereocenters. The quantitative estimate of drug-likeness (QED) is 0.832. The standard InChI is InChI=1S/C14H20N2O3S/c1-14(2,12(15)13(18)19)20-9-11(17)16(3)10-7-5-4-6-8-10/h4-8,12H,9,15H2,1-3H3,(H,18,19)/t12-/m1/s1. The number of amides is 1. The van der Waals surface area contributed by atoms with E-state index in [9.17, 15) is 9.59 Å². The minimum atomic E-state index is -1.06. The van der Waals surface area contributed by atoms with Crippen LogP contribution in [-0.4, -0.2) is 40.6 Å². The lowest BCUT2D eigenvalue weighted by Crippen LogP contribution is -2.47. The first-order valence-corrected chi connectivity index (χ1v) is 7.18. The monoisotopic (exact) mass is 296 g/mol. The SMILES string of the molecule is CN(C(=O)CSC(C)(C)[C@H](N)C(=O)O)c1ccccc1. The maximum Gasteiger partial charge on any atom is 0.321 e. The van der Waals surface area contributed by atoms with Gasteiger partial charge in [0.15, 0.2) is 0 Å². The third-order valence-electron chi connectivity index (χ3n) is 3.10. The highest BCUT2D eigenvalue weighted by molar-refractivity contribution is 8.01. The Morgan fingerprint density at radius 3 is 2.40 bits per heavy atom. The van der Waals surface area contributed by atoms with Crippen molar-refractivity contribution in [3.63, 3.8) is 0 Å². The van der Waals surface area contributed by atoms with Crippen LogP contribution in [-0.2, 0) is 9.59 Å². The highest BCUT2D eigenvalue weighted by Gasteiger charge is 2.33. The highest BCUT2D eigenvalue weighted by atomic mass is 32.2. The van der Waals surface area contributed by atoms with Crippen LogP contribution in [0.25, 0.3) is 0 Å². The number of rotatable bonds is 6. The van der Waals surface area contributed by atoms with Crippen LogP contribution in [0.2, 0.25) is 0 Å². The molecule has 6 heteroatoms. The van der Waals surface area contributed by atoms with Crippen molar-refractivity contribution in [1.29, 1.82) is 0 Å². The molecule has 0 aromatic heterocycles. The van der Waals surface area contributed by atoms with Crippen molar-refractivity contribution in [2.24, 2.45) is 5.73 Å². The van der Waals surface area contributed by atoms with Crippen LogP contribution in [0.4, 0.5) is 5.69 Å². The molecule has 0 bridgehead atoms. The van der Waals surface area contributed by atoms with Gasteiger partial charge < -0.3 is 15.7 Å². The number of carbonyl (C=O) groups excluding carboxylic acids is 1. The van der Waals surface area contributed by atoms with E-state index in [0.717, 1.165) is 5.69 Å². The van der Waals surface area contributed by atoms with Crippen molar-refractivity contribution in [2.75, 3.05) is 17.7 Å². The van der Waals surface area contributed by atoms with Crippen molar-refractivity contribution >= 4 is 29.3 Å². The second-order valence-electron chi connectivity index (χ2n) is 5.00. The molecule has 5 nitrogen and oxygen atoms in total. The number of hydrogen-bond donors (Lipinski definition) is 2. The van der Waals surface area contributed by atoms with Crippen LogP contribution >= 0.6 is 11.8 Å². The molecule has 20 heavy (non-hydrogen) atoms. The molecule has 110 valence electrons. The van der Waals surface area contributed by atoms with Crippen molar-refractivity contribution in [2.45, 2.75) is 24.6 Å². The van der Waals surface area contributed by atoms with E-state index in [-0.39, 0.29) is 11.7 Å². The smallest absolute Gasteiger partial charge is 0.321 e. The lowest BCUT2D eigenvalue weighted by atomic mass is 10.1. The fraction of sp³-hybridized carbons (Fsp3) is 0.429. The Bertz CT molecular complexity index is 477. The Morgan fingerprint density at radius 2 is 1.90 bits per heavy atom. The third-order valence-corrected chi connectivity index (χ3v) is 4.49. The zero-order valence-electron chi connectivity index (χ0n) is 11.9. The summed E-state index contributed by atoms with van der Waals surface area (Å²) < 4.78 is -0.709. The lowest BCUT2D eigenvalue weighted by molar-refractivity contribution is -0.139. The third kappa shape index (κ3) is 4.25. The maximum absolute atomic E-state index is 12.1. The maximum atomic E-state index is 12.1. The molecule has 0 aliphatic heterocycles. The molecule has 0 heterocycles. The van der Waals surface area contributed by atoms with Crippen LogP contribution < -0.4 is 10.6 Å². The molecule has 0 saturated carbocycles. The number of carbonyl (C=O) groups is 2. The molecule has 0 aliphatic carbocycles. The van der Waals surface area contributed by atoms with Gasteiger partial charge in [-0.05, 0) is 26.0 Å². The van der Waals surface area contributed by atoms with E-state index < -0.39 is 16.8 Å². The molecule has 0 radical (unpaired) electrons. The van der Waals surface area contributed by atoms with Crippen molar-refractivity contribution in [3.8, 4) is 0 Å². The van der Waals surface area contributed by atoms with Crippen LogP contribution in [0.1, 0.15) is 13.8 Å². The van der Waals surface area contributed by atoms with E-state index in [1.165, 1.54) is 11.8 Å². The van der Waals surface area contributed by atoms with E-state index in [1.807, 2.05) is 30.3 Å². The zero-order valence-corrected chi connectivity index (χ0v) is 12.7. The Balaban J connectivity index is 2.61. The van der Waals surface area contributed by atoms with Gasteiger partial charge in [-0.15, -0.1) is 11.8 Å². The van der Waals surface area contributed by atoms with E-state index in [4.69, 9.17) is 10.8 Å². The van der Waals surface area contributed by atoms with E-state index in [0.29, 0.717) is 0 Å². The van der Waals surface area contributed by atoms with Gasteiger partial charge in [0, 0.05) is 17.5 Å². The number of para-hydroxylation sites is 1. The van der Waals surface area contributed by atoms with Crippen LogP contribution in [0.15, 0.2) is 30.3 Å². The zero-order chi connectivity index (χ0) is 15.3. The number of nitrogens with zero attached hydrogens (tertiary/aromatic N) is 1. The number of carboxylic acid groups (broad SMARTS) is 1. The number of aliphatic carboxylic acids is 1. The predicted molar refractivity (Wildman–Crippen MR) is 82.0 cm³/mol. The summed E-state index contributed by atoms with van der Waals surface area (Å²) in [5, 5.41) is 8.94. The topological polar surface area (TPSA) is 83.6 Å². The molecule has 0 aliphatic rings. The average molecular weight is 296 g/mol. The first-order chi connectivity index (χ1) is 9.25. The van der Waals surface area contributed by atoms with Gasteiger partial charge in [0.2, 0.25) is 5.91 Å². The largest absolute Gasteiger partial charge is 0.480 e. The molecule has 0 saturated heterocycles. The van der Waals surface area contributed by atoms with E-state index in [1.54, 1.807) is 25.8 Å². The second-order valence-corrected chi connectivity index (χ2v) is 6.63. The Kier molecular flexibility index (Phi) is 5.59. The van der Waals surface area contributed by atoms with Crippen molar-refractivity contribution in [1.82, 2.24) is 0 Å². The van der Waals surface area contributed by atoms with Crippen LogP contribution in [0.3, 0.4) is 0 Å². The summed E-state index contributed by atoms with van der Waals surface area (Å²) in [4.78, 5) is 24.6. The Morgan fingerprint density at radius 1 is 1.35 bits per heavy atom. The fourth-order valence-electron chi connectivity index (χ4n) is 1.53. The normalized spacial score (nSPS) is 12.8. The van der Waals surface area contributed by atoms with Gasteiger partial charge in [0.05, 0.1) is 5.75 Å². The van der Waals surface area contributed by atoms with Crippen LogP contribution in [0, 0.1) is 0 Å². The summed E-state index contributed by atoms with van der Waals surface area (Å²) in [5.41, 5.74) is 6.43. The number of hydrogen-bond acceptors (Lipinski definition) is 4. The van der Waals surface area contributed by atoms with Gasteiger partial charge in [-0.2, -0.15) is 0 Å². The van der Waals surface area contributed by atoms with Crippen molar-refractivity contribution < 1.29 is 14.7 Å². The summed E-state index contributed by atoms with van der Waals surface area (Å²) in [6.45, 7) is 3.46. The molecule has 3 N–H and O–H groups in total. The minimum absolute atomic E-state index is 0.0909. The van der Waals surface area contributed by atoms with Crippen LogP contribution in [0.5, 0.6) is 0 Å². The number of nitrogens with two attached hydrogens (primary N) is 1. The highest BCUT2D eigenvalue weighted by Crippen LogP contribution is 2.28. The summed E-state index contributed by atoms with van der Waals surface area (Å²) in [7, 11) is 1.70. The second kappa shape index (κ2) is 6.76. The summed E-state index contributed by atoms with van der Waals surface area (Å²) in [6.07, 6.45) is 0. The minimum Gasteiger partial charge on any atom is -0.480 e. The van der Waals surface area contributed by atoms with E-state index in [2.05, 4.69) is 0 Å². The number of benzene rings is 1. The molecule has 0 spiro atoms. The van der Waals surface area contributed by atoms with E-state index >= 15 is 0 Å². The van der Waals surface area contributed by atoms with Gasteiger partial charge >= 0.3 is 5.97 Å². The van der Waals surface area contributed by atoms with Gasteiger partial charge in [-0.1, -0.05) is 18.2 Å². The summed E-state index contributed by atoms with van der Waals surface area (Å²) in [6, 6.07) is 8.27. The molecule has 1 aromatic carbocycles. The molecular weight excluding hydrogens is 276 g/mol. The average Bonchev–Trinajstić information content (AvgIpc) is 2.44. The molecule has 1 aromatic rings. The Labute approximate surface area is 123 Å². The van der Waals surface area contributed by atoms with Crippen molar-refractivity contribution in [3.05, 3.63) is 30.3 Å². The molecule has 1 rings (SSSR count). The molecule has 0 fully saturated rings. The van der Waals surface area contributed by atoms with Gasteiger partial charge in [-0.25, -0.2) is 0 Å². The molecule has 0 unspecified atom stereocenters. The number of carboxylic acids is 1. The Hall–Kier alpha value is -1.53. The molecular formula is C14H20N2O3S. The number of anilines is 1. The van der Waals surface area contributed by atoms with Gasteiger partial charge in [0.25, 0.3) is 0 Å². The lowest BCUT2D eigenvalue weighted by Gasteiger charge is -2.28. The summed E-state index contributed by atoms with van der Waals surface area (Å²) in [5.74, 6) is -0.974.